The maximum Gasteiger partial charge on any atom is 0.173 e. The number of hydrogen-bond acceptors (Lipinski definition) is 3. The highest BCUT2D eigenvalue weighted by Gasteiger charge is 2.31. The molecule has 0 aromatic carbocycles. The van der Waals surface area contributed by atoms with Crippen LogP contribution in [0.25, 0.3) is 0 Å². The molecule has 0 saturated heterocycles. The largest absolute Gasteiger partial charge is 0.307 e. The molecule has 3 nitrogen and oxygen atoms in total. The standard InChI is InChI=1S/C14H25NO2S/c1-14(2,3)11-4-6-12(7-5-11)15-13-8-9-18(16,17)10-13/h8-9,11-13,15H,4-7,10H2,1-3H3. The van der Waals surface area contributed by atoms with Crippen molar-refractivity contribution in [2.24, 2.45) is 11.3 Å². The molecule has 1 atom stereocenters. The molecule has 0 spiro atoms. The molecule has 18 heavy (non-hydrogen) atoms. The summed E-state index contributed by atoms with van der Waals surface area (Å²) in [5.74, 6) is 1.05. The van der Waals surface area contributed by atoms with Crippen molar-refractivity contribution in [3.63, 3.8) is 0 Å². The van der Waals surface area contributed by atoms with E-state index in [0.717, 1.165) is 5.92 Å². The third kappa shape index (κ3) is 3.58. The molecule has 0 bridgehead atoms. The van der Waals surface area contributed by atoms with Gasteiger partial charge in [0, 0.05) is 17.5 Å². The van der Waals surface area contributed by atoms with Gasteiger partial charge >= 0.3 is 0 Å². The van der Waals surface area contributed by atoms with Crippen LogP contribution in [0.15, 0.2) is 11.5 Å². The van der Waals surface area contributed by atoms with Gasteiger partial charge in [0.15, 0.2) is 9.84 Å². The van der Waals surface area contributed by atoms with Crippen molar-refractivity contribution >= 4 is 9.84 Å². The number of rotatable bonds is 2. The van der Waals surface area contributed by atoms with Crippen LogP contribution in [-0.2, 0) is 9.84 Å². The smallest absolute Gasteiger partial charge is 0.173 e. The summed E-state index contributed by atoms with van der Waals surface area (Å²) < 4.78 is 22.7. The Morgan fingerprint density at radius 1 is 1.11 bits per heavy atom. The van der Waals surface area contributed by atoms with E-state index in [1.165, 1.54) is 31.1 Å². The minimum Gasteiger partial charge on any atom is -0.307 e. The second kappa shape index (κ2) is 4.97. The Hall–Kier alpha value is -0.350. The van der Waals surface area contributed by atoms with Gasteiger partial charge in [-0.3, -0.25) is 0 Å². The summed E-state index contributed by atoms with van der Waals surface area (Å²) in [6, 6.07) is 0.526. The summed E-state index contributed by atoms with van der Waals surface area (Å²) in [5.41, 5.74) is 0.404. The van der Waals surface area contributed by atoms with Crippen LogP contribution in [0.5, 0.6) is 0 Å². The van der Waals surface area contributed by atoms with E-state index in [1.807, 2.05) is 0 Å². The van der Waals surface area contributed by atoms with Crippen LogP contribution in [-0.4, -0.2) is 26.3 Å². The third-order valence-electron chi connectivity index (χ3n) is 4.33. The molecule has 1 fully saturated rings. The van der Waals surface area contributed by atoms with Crippen LogP contribution in [0.4, 0.5) is 0 Å². The zero-order chi connectivity index (χ0) is 13.4. The first-order valence-electron chi connectivity index (χ1n) is 6.93. The molecule has 1 unspecified atom stereocenters. The fourth-order valence-corrected chi connectivity index (χ4v) is 4.36. The highest BCUT2D eigenvalue weighted by atomic mass is 32.2. The zero-order valence-corrected chi connectivity index (χ0v) is 12.5. The molecule has 0 aromatic heterocycles. The van der Waals surface area contributed by atoms with Gasteiger partial charge in [-0.1, -0.05) is 26.8 Å². The Labute approximate surface area is 111 Å². The Balaban J connectivity index is 1.80. The van der Waals surface area contributed by atoms with E-state index in [-0.39, 0.29) is 11.8 Å². The van der Waals surface area contributed by atoms with E-state index in [2.05, 4.69) is 26.1 Å². The maximum absolute atomic E-state index is 11.3. The lowest BCUT2D eigenvalue weighted by Crippen LogP contribution is -2.42. The van der Waals surface area contributed by atoms with Gasteiger partial charge in [0.1, 0.15) is 0 Å². The van der Waals surface area contributed by atoms with Crippen molar-refractivity contribution in [2.75, 3.05) is 5.75 Å². The highest BCUT2D eigenvalue weighted by Crippen LogP contribution is 2.37. The van der Waals surface area contributed by atoms with Crippen molar-refractivity contribution in [1.82, 2.24) is 5.32 Å². The lowest BCUT2D eigenvalue weighted by atomic mass is 9.71. The molecule has 1 heterocycles. The summed E-state index contributed by atoms with van der Waals surface area (Å²) in [7, 11) is -2.92. The monoisotopic (exact) mass is 271 g/mol. The fourth-order valence-electron chi connectivity index (χ4n) is 3.11. The Bertz CT molecular complexity index is 412. The molecule has 1 N–H and O–H groups in total. The Kier molecular flexibility index (Phi) is 3.88. The number of nitrogens with one attached hydrogen (secondary N) is 1. The highest BCUT2D eigenvalue weighted by molar-refractivity contribution is 7.94. The first-order chi connectivity index (χ1) is 8.26. The molecule has 2 aliphatic rings. The Morgan fingerprint density at radius 3 is 2.17 bits per heavy atom. The first kappa shape index (κ1) is 14.1. The van der Waals surface area contributed by atoms with Gasteiger partial charge in [0.2, 0.25) is 0 Å². The van der Waals surface area contributed by atoms with Crippen LogP contribution >= 0.6 is 0 Å². The van der Waals surface area contributed by atoms with Crippen LogP contribution in [0.2, 0.25) is 0 Å². The normalized spacial score (nSPS) is 35.8. The van der Waals surface area contributed by atoms with Crippen LogP contribution in [0, 0.1) is 11.3 Å². The minimum atomic E-state index is -2.92. The van der Waals surface area contributed by atoms with Crippen molar-refractivity contribution < 1.29 is 8.42 Å². The average Bonchev–Trinajstić information content (AvgIpc) is 2.57. The van der Waals surface area contributed by atoms with E-state index in [4.69, 9.17) is 0 Å². The maximum atomic E-state index is 11.3. The minimum absolute atomic E-state index is 0.0335. The van der Waals surface area contributed by atoms with Gasteiger partial charge in [-0.25, -0.2) is 8.42 Å². The predicted molar refractivity (Wildman–Crippen MR) is 75.1 cm³/mol. The molecular formula is C14H25NO2S. The molecule has 2 rings (SSSR count). The lowest BCUT2D eigenvalue weighted by Gasteiger charge is -2.37. The van der Waals surface area contributed by atoms with Crippen molar-refractivity contribution in [3.8, 4) is 0 Å². The SMILES string of the molecule is CC(C)(C)C1CCC(NC2C=CS(=O)(=O)C2)CC1. The van der Waals surface area contributed by atoms with Gasteiger partial charge in [-0.15, -0.1) is 0 Å². The topological polar surface area (TPSA) is 46.2 Å². The van der Waals surface area contributed by atoms with E-state index in [9.17, 15) is 8.42 Å². The van der Waals surface area contributed by atoms with E-state index < -0.39 is 9.84 Å². The summed E-state index contributed by atoms with van der Waals surface area (Å²) >= 11 is 0. The molecule has 1 aliphatic heterocycles. The summed E-state index contributed by atoms with van der Waals surface area (Å²) in [5, 5.41) is 4.83. The lowest BCUT2D eigenvalue weighted by molar-refractivity contribution is 0.159. The number of sulfone groups is 1. The average molecular weight is 271 g/mol. The molecule has 1 aliphatic carbocycles. The second-order valence-corrected chi connectivity index (χ2v) is 8.78. The van der Waals surface area contributed by atoms with Gasteiger partial charge in [-0.05, 0) is 37.0 Å². The van der Waals surface area contributed by atoms with Gasteiger partial charge in [0.25, 0.3) is 0 Å². The summed E-state index contributed by atoms with van der Waals surface area (Å²) in [6.45, 7) is 6.95. The molecule has 0 amide bonds. The molecule has 4 heteroatoms. The van der Waals surface area contributed by atoms with Gasteiger partial charge < -0.3 is 5.32 Å². The van der Waals surface area contributed by atoms with E-state index in [1.54, 1.807) is 6.08 Å². The predicted octanol–water partition coefficient (Wildman–Crippen LogP) is 2.49. The van der Waals surface area contributed by atoms with Crippen molar-refractivity contribution in [3.05, 3.63) is 11.5 Å². The first-order valence-corrected chi connectivity index (χ1v) is 8.65. The quantitative estimate of drug-likeness (QED) is 0.839. The summed E-state index contributed by atoms with van der Waals surface area (Å²) in [6.07, 6.45) is 6.65. The molecular weight excluding hydrogens is 246 g/mol. The van der Waals surface area contributed by atoms with Crippen LogP contribution in [0.1, 0.15) is 46.5 Å². The van der Waals surface area contributed by atoms with Crippen molar-refractivity contribution in [2.45, 2.75) is 58.5 Å². The van der Waals surface area contributed by atoms with E-state index >= 15 is 0 Å². The fraction of sp³-hybridized carbons (Fsp3) is 0.857. The zero-order valence-electron chi connectivity index (χ0n) is 11.6. The number of hydrogen-bond donors (Lipinski definition) is 1. The molecule has 1 saturated carbocycles. The molecule has 104 valence electrons. The third-order valence-corrected chi connectivity index (χ3v) is 5.73. The van der Waals surface area contributed by atoms with Gasteiger partial charge in [0.05, 0.1) is 5.75 Å². The second-order valence-electron chi connectivity index (χ2n) is 6.85. The van der Waals surface area contributed by atoms with E-state index in [0.29, 0.717) is 11.5 Å². The van der Waals surface area contributed by atoms with Crippen LogP contribution in [0.3, 0.4) is 0 Å². The Morgan fingerprint density at radius 2 is 1.72 bits per heavy atom. The van der Waals surface area contributed by atoms with Gasteiger partial charge in [-0.2, -0.15) is 0 Å². The summed E-state index contributed by atoms with van der Waals surface area (Å²) in [4.78, 5) is 0. The van der Waals surface area contributed by atoms with Crippen LogP contribution < -0.4 is 5.32 Å². The molecule has 0 aromatic rings. The molecule has 0 radical (unpaired) electrons. The van der Waals surface area contributed by atoms with Crippen molar-refractivity contribution in [1.29, 1.82) is 0 Å².